The van der Waals surface area contributed by atoms with Crippen LogP contribution in [0.2, 0.25) is 5.15 Å². The summed E-state index contributed by atoms with van der Waals surface area (Å²) in [5.41, 5.74) is 2.13. The molecule has 0 unspecified atom stereocenters. The van der Waals surface area contributed by atoms with Crippen molar-refractivity contribution in [1.82, 2.24) is 4.98 Å². The van der Waals surface area contributed by atoms with E-state index in [1.807, 2.05) is 6.07 Å². The fraction of sp³-hybridized carbons (Fsp3) is 0.588. The van der Waals surface area contributed by atoms with Crippen LogP contribution in [0.25, 0.3) is 6.08 Å². The first-order valence-electron chi connectivity index (χ1n) is 7.70. The second-order valence-corrected chi connectivity index (χ2v) is 6.37. The normalized spacial score (nSPS) is 20.5. The van der Waals surface area contributed by atoms with Gasteiger partial charge in [0.2, 0.25) is 0 Å². The molecule has 3 rings (SSSR count). The number of pyridine rings is 1. The summed E-state index contributed by atoms with van der Waals surface area (Å²) in [6.45, 7) is 0. The molecule has 1 heterocycles. The number of methoxy groups -OCH3 is 1. The van der Waals surface area contributed by atoms with Gasteiger partial charge in [0.05, 0.1) is 12.8 Å². The number of nitrogens with zero attached hydrogens (tertiary/aromatic N) is 1. The van der Waals surface area contributed by atoms with Crippen LogP contribution in [0.5, 0.6) is 5.75 Å². The molecule has 0 aromatic carbocycles. The number of ether oxygens (including phenoxy) is 1. The minimum atomic E-state index is 0.547. The van der Waals surface area contributed by atoms with Crippen molar-refractivity contribution in [3.05, 3.63) is 28.6 Å². The largest absolute Gasteiger partial charge is 0.494 e. The third kappa shape index (κ3) is 3.17. The molecule has 1 aromatic heterocycles. The van der Waals surface area contributed by atoms with Gasteiger partial charge in [-0.15, -0.1) is 0 Å². The van der Waals surface area contributed by atoms with Crippen molar-refractivity contribution in [2.24, 2.45) is 5.92 Å². The molecule has 0 saturated heterocycles. The molecule has 3 heteroatoms. The summed E-state index contributed by atoms with van der Waals surface area (Å²) in [5.74, 6) is 2.18. The molecule has 0 N–H and O–H groups in total. The number of hydrogen-bond acceptors (Lipinski definition) is 2. The summed E-state index contributed by atoms with van der Waals surface area (Å²) < 4.78 is 5.60. The summed E-state index contributed by atoms with van der Waals surface area (Å²) >= 11 is 6.17. The molecule has 0 amide bonds. The van der Waals surface area contributed by atoms with Gasteiger partial charge in [0, 0.05) is 11.5 Å². The van der Waals surface area contributed by atoms with Gasteiger partial charge in [-0.25, -0.2) is 4.98 Å². The van der Waals surface area contributed by atoms with Crippen molar-refractivity contribution in [3.8, 4) is 5.75 Å². The van der Waals surface area contributed by atoms with Crippen molar-refractivity contribution in [2.75, 3.05) is 7.11 Å². The van der Waals surface area contributed by atoms with E-state index in [9.17, 15) is 0 Å². The Labute approximate surface area is 126 Å². The summed E-state index contributed by atoms with van der Waals surface area (Å²) in [4.78, 5) is 4.47. The van der Waals surface area contributed by atoms with Crippen LogP contribution in [0.4, 0.5) is 0 Å². The van der Waals surface area contributed by atoms with Crippen molar-refractivity contribution in [1.29, 1.82) is 0 Å². The lowest BCUT2D eigenvalue weighted by atomic mass is 9.88. The first kappa shape index (κ1) is 13.9. The molecule has 0 radical (unpaired) electrons. The van der Waals surface area contributed by atoms with Gasteiger partial charge in [-0.2, -0.15) is 0 Å². The highest BCUT2D eigenvalue weighted by atomic mass is 35.5. The van der Waals surface area contributed by atoms with Crippen molar-refractivity contribution in [3.63, 3.8) is 0 Å². The number of aromatic nitrogens is 1. The van der Waals surface area contributed by atoms with Gasteiger partial charge in [0.25, 0.3) is 0 Å². The zero-order valence-corrected chi connectivity index (χ0v) is 12.8. The molecule has 2 saturated carbocycles. The van der Waals surface area contributed by atoms with E-state index in [1.54, 1.807) is 7.11 Å². The van der Waals surface area contributed by atoms with Crippen LogP contribution in [-0.2, 0) is 0 Å². The molecule has 1 aromatic rings. The summed E-state index contributed by atoms with van der Waals surface area (Å²) in [6.07, 6.45) is 13.7. The molecule has 0 atom stereocenters. The molecular weight excluding hydrogens is 270 g/mol. The van der Waals surface area contributed by atoms with E-state index < -0.39 is 0 Å². The van der Waals surface area contributed by atoms with E-state index in [0.717, 1.165) is 17.0 Å². The summed E-state index contributed by atoms with van der Waals surface area (Å²) in [6, 6.07) is 1.92. The quantitative estimate of drug-likeness (QED) is 0.710. The van der Waals surface area contributed by atoms with E-state index in [0.29, 0.717) is 17.0 Å². The lowest BCUT2D eigenvalue weighted by Gasteiger charge is -2.18. The minimum Gasteiger partial charge on any atom is -0.494 e. The molecule has 20 heavy (non-hydrogen) atoms. The Morgan fingerprint density at radius 2 is 1.95 bits per heavy atom. The Balaban J connectivity index is 1.85. The molecule has 0 spiro atoms. The average molecular weight is 292 g/mol. The molecule has 108 valence electrons. The molecule has 2 aliphatic carbocycles. The average Bonchev–Trinajstić information content (AvgIpc) is 3.30. The Morgan fingerprint density at radius 3 is 2.60 bits per heavy atom. The maximum Gasteiger partial charge on any atom is 0.147 e. The number of hydrogen-bond donors (Lipinski definition) is 0. The third-order valence-electron chi connectivity index (χ3n) is 4.36. The predicted molar refractivity (Wildman–Crippen MR) is 83.4 cm³/mol. The van der Waals surface area contributed by atoms with Crippen LogP contribution in [0.15, 0.2) is 12.1 Å². The topological polar surface area (TPSA) is 22.1 Å². The van der Waals surface area contributed by atoms with Gasteiger partial charge in [0.1, 0.15) is 10.9 Å². The van der Waals surface area contributed by atoms with E-state index in [2.05, 4.69) is 17.1 Å². The van der Waals surface area contributed by atoms with Gasteiger partial charge < -0.3 is 4.74 Å². The van der Waals surface area contributed by atoms with Crippen molar-refractivity contribution in [2.45, 2.75) is 50.9 Å². The molecule has 2 fully saturated rings. The van der Waals surface area contributed by atoms with Crippen LogP contribution in [0.3, 0.4) is 0 Å². The zero-order chi connectivity index (χ0) is 13.9. The van der Waals surface area contributed by atoms with E-state index in [1.165, 1.54) is 44.9 Å². The minimum absolute atomic E-state index is 0.547. The van der Waals surface area contributed by atoms with Crippen molar-refractivity contribution < 1.29 is 4.74 Å². The number of allylic oxidation sites excluding steroid dienone is 1. The summed E-state index contributed by atoms with van der Waals surface area (Å²) in [5, 5.41) is 0.580. The Morgan fingerprint density at radius 1 is 1.20 bits per heavy atom. The van der Waals surface area contributed by atoms with Crippen LogP contribution < -0.4 is 4.74 Å². The molecular formula is C17H22ClNO. The van der Waals surface area contributed by atoms with E-state index >= 15 is 0 Å². The van der Waals surface area contributed by atoms with E-state index in [4.69, 9.17) is 16.3 Å². The van der Waals surface area contributed by atoms with Crippen LogP contribution in [0.1, 0.15) is 62.1 Å². The summed E-state index contributed by atoms with van der Waals surface area (Å²) in [7, 11) is 1.73. The van der Waals surface area contributed by atoms with Gasteiger partial charge in [0.15, 0.2) is 0 Å². The van der Waals surface area contributed by atoms with Gasteiger partial charge >= 0.3 is 0 Å². The zero-order valence-electron chi connectivity index (χ0n) is 12.1. The Kier molecular flexibility index (Phi) is 4.30. The molecule has 2 nitrogen and oxygen atoms in total. The molecule has 0 bridgehead atoms. The second-order valence-electron chi connectivity index (χ2n) is 5.98. The van der Waals surface area contributed by atoms with Crippen LogP contribution in [0, 0.1) is 5.92 Å². The monoisotopic (exact) mass is 291 g/mol. The first-order chi connectivity index (χ1) is 9.78. The van der Waals surface area contributed by atoms with Crippen LogP contribution >= 0.6 is 11.6 Å². The van der Waals surface area contributed by atoms with E-state index in [-0.39, 0.29) is 0 Å². The van der Waals surface area contributed by atoms with Crippen molar-refractivity contribution >= 4 is 17.7 Å². The standard InChI is InChI=1S/C17H22ClNO/c1-20-17-14(8-7-12-5-3-2-4-6-12)11-15(18)19-16(17)13-9-10-13/h7-8,11-13H,2-6,9-10H2,1H3/b8-7+. The highest BCUT2D eigenvalue weighted by Crippen LogP contribution is 2.45. The highest BCUT2D eigenvalue weighted by Gasteiger charge is 2.29. The van der Waals surface area contributed by atoms with Gasteiger partial charge in [-0.1, -0.05) is 43.0 Å². The van der Waals surface area contributed by atoms with Gasteiger partial charge in [-0.3, -0.25) is 0 Å². The lowest BCUT2D eigenvalue weighted by molar-refractivity contribution is 0.405. The van der Waals surface area contributed by atoms with Crippen LogP contribution in [-0.4, -0.2) is 12.1 Å². The Bertz CT molecular complexity index is 502. The third-order valence-corrected chi connectivity index (χ3v) is 4.56. The predicted octanol–water partition coefficient (Wildman–Crippen LogP) is 5.21. The molecule has 2 aliphatic rings. The highest BCUT2D eigenvalue weighted by molar-refractivity contribution is 6.29. The number of rotatable bonds is 4. The maximum absolute atomic E-state index is 6.17. The fourth-order valence-corrected chi connectivity index (χ4v) is 3.29. The fourth-order valence-electron chi connectivity index (χ4n) is 3.09. The van der Waals surface area contributed by atoms with Gasteiger partial charge in [-0.05, 0) is 37.7 Å². The second kappa shape index (κ2) is 6.17. The molecule has 0 aliphatic heterocycles. The smallest absolute Gasteiger partial charge is 0.147 e. The SMILES string of the molecule is COc1c(/C=C/C2CCCCC2)cc(Cl)nc1C1CC1. The first-order valence-corrected chi connectivity index (χ1v) is 8.08. The lowest BCUT2D eigenvalue weighted by Crippen LogP contribution is -2.03. The maximum atomic E-state index is 6.17. The Hall–Kier alpha value is -1.02. The number of halogens is 1.